The third-order valence-corrected chi connectivity index (χ3v) is 1.62. The number of nitrogens with zero attached hydrogens (tertiary/aromatic N) is 1. The van der Waals surface area contributed by atoms with E-state index in [-0.39, 0.29) is 12.1 Å². The van der Waals surface area contributed by atoms with Crippen molar-refractivity contribution in [3.63, 3.8) is 0 Å². The Balaban J connectivity index is 3.14. The van der Waals surface area contributed by atoms with Gasteiger partial charge in [0, 0.05) is 0 Å². The van der Waals surface area contributed by atoms with Gasteiger partial charge in [-0.1, -0.05) is 0 Å². The van der Waals surface area contributed by atoms with Crippen LogP contribution in [0.4, 0.5) is 17.6 Å². The van der Waals surface area contributed by atoms with E-state index >= 15 is 0 Å². The van der Waals surface area contributed by atoms with E-state index in [1.165, 1.54) is 0 Å². The fourth-order valence-electron chi connectivity index (χ4n) is 0.957. The Hall–Kier alpha value is -1.57. The van der Waals surface area contributed by atoms with Crippen LogP contribution >= 0.6 is 0 Å². The minimum Gasteiger partial charge on any atom is -0.312 e. The van der Waals surface area contributed by atoms with Crippen molar-refractivity contribution in [1.82, 2.24) is 0 Å². The summed E-state index contributed by atoms with van der Waals surface area (Å²) in [5.41, 5.74) is -1.16. The van der Waals surface area contributed by atoms with Gasteiger partial charge in [0.05, 0.1) is 11.1 Å². The van der Waals surface area contributed by atoms with Crippen molar-refractivity contribution >= 4 is 0 Å². The maximum Gasteiger partial charge on any atom is 0.416 e. The van der Waals surface area contributed by atoms with Crippen molar-refractivity contribution in [1.29, 1.82) is 0 Å². The summed E-state index contributed by atoms with van der Waals surface area (Å²) in [6.07, 6.45) is -4.50. The predicted molar refractivity (Wildman–Crippen MR) is 41.7 cm³/mol. The van der Waals surface area contributed by atoms with Gasteiger partial charge in [0.2, 0.25) is 6.54 Å². The molecule has 0 aromatic heterocycles. The van der Waals surface area contributed by atoms with Crippen LogP contribution in [0.5, 0.6) is 0 Å². The van der Waals surface area contributed by atoms with E-state index in [4.69, 9.17) is 6.57 Å². The zero-order chi connectivity index (χ0) is 10.8. The summed E-state index contributed by atoms with van der Waals surface area (Å²) in [5, 5.41) is 0. The minimum absolute atomic E-state index is 0.227. The van der Waals surface area contributed by atoms with Crippen LogP contribution < -0.4 is 0 Å². The molecular formula is C9H5F4N. The maximum absolute atomic E-state index is 12.8. The molecule has 1 aromatic rings. The molecule has 0 radical (unpaired) electrons. The van der Waals surface area contributed by atoms with Crippen molar-refractivity contribution in [3.8, 4) is 0 Å². The van der Waals surface area contributed by atoms with Gasteiger partial charge >= 0.3 is 6.18 Å². The first-order chi connectivity index (χ1) is 6.45. The van der Waals surface area contributed by atoms with Crippen LogP contribution in [-0.4, -0.2) is 0 Å². The summed E-state index contributed by atoms with van der Waals surface area (Å²) >= 11 is 0. The van der Waals surface area contributed by atoms with Gasteiger partial charge in [0.1, 0.15) is 5.82 Å². The van der Waals surface area contributed by atoms with Crippen LogP contribution in [0.15, 0.2) is 18.2 Å². The molecule has 0 aliphatic heterocycles. The molecule has 0 aliphatic carbocycles. The van der Waals surface area contributed by atoms with E-state index in [1.54, 1.807) is 0 Å². The molecule has 14 heavy (non-hydrogen) atoms. The standard InChI is InChI=1S/C9H5F4N/c1-14-5-6-4-7(9(11,12)13)2-3-8(6)10/h2-4H,5H2. The Kier molecular flexibility index (Phi) is 2.75. The Morgan fingerprint density at radius 3 is 2.43 bits per heavy atom. The molecule has 1 nitrogen and oxygen atoms in total. The van der Waals surface area contributed by atoms with Gasteiger partial charge in [-0.3, -0.25) is 0 Å². The number of rotatable bonds is 1. The third-order valence-electron chi connectivity index (χ3n) is 1.62. The van der Waals surface area contributed by atoms with Gasteiger partial charge < -0.3 is 4.85 Å². The van der Waals surface area contributed by atoms with E-state index in [2.05, 4.69) is 4.85 Å². The predicted octanol–water partition coefficient (Wildman–Crippen LogP) is 3.26. The van der Waals surface area contributed by atoms with Crippen LogP contribution in [-0.2, 0) is 12.7 Å². The lowest BCUT2D eigenvalue weighted by Gasteiger charge is -2.06. The summed E-state index contributed by atoms with van der Waals surface area (Å²) in [6, 6.07) is 2.04. The van der Waals surface area contributed by atoms with Crippen molar-refractivity contribution < 1.29 is 17.6 Å². The minimum atomic E-state index is -4.50. The molecule has 74 valence electrons. The number of halogens is 4. The lowest BCUT2D eigenvalue weighted by atomic mass is 10.1. The largest absolute Gasteiger partial charge is 0.416 e. The molecule has 0 saturated carbocycles. The van der Waals surface area contributed by atoms with Gasteiger partial charge in [-0.2, -0.15) is 13.2 Å². The highest BCUT2D eigenvalue weighted by Gasteiger charge is 2.31. The molecule has 5 heteroatoms. The van der Waals surface area contributed by atoms with E-state index in [9.17, 15) is 17.6 Å². The molecule has 0 amide bonds. The normalized spacial score (nSPS) is 11.1. The number of alkyl halides is 3. The second-order valence-corrected chi connectivity index (χ2v) is 2.62. The van der Waals surface area contributed by atoms with Gasteiger partial charge in [-0.15, -0.1) is 0 Å². The van der Waals surface area contributed by atoms with Gasteiger partial charge in [0.25, 0.3) is 0 Å². The SMILES string of the molecule is [C-]#[N+]Cc1cc(C(F)(F)F)ccc1F. The molecule has 0 heterocycles. The Morgan fingerprint density at radius 2 is 1.93 bits per heavy atom. The van der Waals surface area contributed by atoms with E-state index in [1.807, 2.05) is 0 Å². The molecule has 1 aromatic carbocycles. The van der Waals surface area contributed by atoms with Crippen molar-refractivity contribution in [3.05, 3.63) is 46.6 Å². The summed E-state index contributed by atoms with van der Waals surface area (Å²) in [6.45, 7) is 6.06. The third kappa shape index (κ3) is 2.22. The second kappa shape index (κ2) is 3.66. The fraction of sp³-hybridized carbons (Fsp3) is 0.222. The van der Waals surface area contributed by atoms with Gasteiger partial charge in [-0.25, -0.2) is 11.0 Å². The van der Waals surface area contributed by atoms with E-state index in [0.717, 1.165) is 6.07 Å². The molecule has 0 saturated heterocycles. The monoisotopic (exact) mass is 203 g/mol. The molecule has 1 rings (SSSR count). The lowest BCUT2D eigenvalue weighted by molar-refractivity contribution is -0.137. The topological polar surface area (TPSA) is 4.36 Å². The molecule has 0 bridgehead atoms. The van der Waals surface area contributed by atoms with E-state index in [0.29, 0.717) is 12.1 Å². The smallest absolute Gasteiger partial charge is 0.312 e. The molecule has 0 aliphatic rings. The van der Waals surface area contributed by atoms with Crippen LogP contribution in [0.25, 0.3) is 4.85 Å². The maximum atomic E-state index is 12.8. The fourth-order valence-corrected chi connectivity index (χ4v) is 0.957. The summed E-state index contributed by atoms with van der Waals surface area (Å²) in [5.74, 6) is -0.783. The summed E-state index contributed by atoms with van der Waals surface area (Å²) in [4.78, 5) is 2.83. The van der Waals surface area contributed by atoms with Gasteiger partial charge in [0.15, 0.2) is 0 Å². The number of benzene rings is 1. The van der Waals surface area contributed by atoms with Crippen LogP contribution in [0.3, 0.4) is 0 Å². The highest BCUT2D eigenvalue weighted by atomic mass is 19.4. The molecule has 0 N–H and O–H groups in total. The molecular weight excluding hydrogens is 198 g/mol. The van der Waals surface area contributed by atoms with Crippen LogP contribution in [0.2, 0.25) is 0 Å². The van der Waals surface area contributed by atoms with E-state index < -0.39 is 17.6 Å². The number of hydrogen-bond donors (Lipinski definition) is 0. The molecule has 0 unspecified atom stereocenters. The zero-order valence-corrected chi connectivity index (χ0v) is 6.90. The summed E-state index contributed by atoms with van der Waals surface area (Å²) < 4.78 is 49.3. The van der Waals surface area contributed by atoms with Crippen molar-refractivity contribution in [2.24, 2.45) is 0 Å². The van der Waals surface area contributed by atoms with Crippen LogP contribution in [0, 0.1) is 12.4 Å². The Bertz CT molecular complexity index is 375. The highest BCUT2D eigenvalue weighted by molar-refractivity contribution is 5.27. The van der Waals surface area contributed by atoms with Crippen molar-refractivity contribution in [2.45, 2.75) is 12.7 Å². The molecule has 0 spiro atoms. The van der Waals surface area contributed by atoms with Crippen molar-refractivity contribution in [2.75, 3.05) is 0 Å². The average Bonchev–Trinajstić information content (AvgIpc) is 2.07. The average molecular weight is 203 g/mol. The Morgan fingerprint density at radius 1 is 1.29 bits per heavy atom. The Labute approximate surface area is 77.8 Å². The second-order valence-electron chi connectivity index (χ2n) is 2.62. The highest BCUT2D eigenvalue weighted by Crippen LogP contribution is 2.30. The quantitative estimate of drug-likeness (QED) is 0.487. The first-order valence-electron chi connectivity index (χ1n) is 3.64. The van der Waals surface area contributed by atoms with Gasteiger partial charge in [-0.05, 0) is 18.2 Å². The number of hydrogen-bond acceptors (Lipinski definition) is 0. The lowest BCUT2D eigenvalue weighted by Crippen LogP contribution is -2.06. The zero-order valence-electron chi connectivity index (χ0n) is 6.90. The van der Waals surface area contributed by atoms with Crippen LogP contribution in [0.1, 0.15) is 11.1 Å². The summed E-state index contributed by atoms with van der Waals surface area (Å²) in [7, 11) is 0. The molecule has 0 atom stereocenters. The first kappa shape index (κ1) is 10.5. The first-order valence-corrected chi connectivity index (χ1v) is 3.64. The molecule has 0 fully saturated rings.